The number of hydrogen-bond donors (Lipinski definition) is 0. The van der Waals surface area contributed by atoms with Gasteiger partial charge in [0.05, 0.1) is 5.88 Å². The molecule has 0 aliphatic heterocycles. The fourth-order valence-electron chi connectivity index (χ4n) is 0.845. The van der Waals surface area contributed by atoms with Crippen LogP contribution in [0, 0.1) is 0 Å². The number of hydrogen-bond acceptors (Lipinski definition) is 2. The summed E-state index contributed by atoms with van der Waals surface area (Å²) in [5.41, 5.74) is 0.412. The molecule has 0 unspecified atom stereocenters. The zero-order valence-corrected chi connectivity index (χ0v) is 9.66. The Balaban J connectivity index is 2.76. The number of rotatable bonds is 3. The molecule has 0 fully saturated rings. The van der Waals surface area contributed by atoms with E-state index in [0.29, 0.717) is 10.0 Å². The molecule has 0 radical (unpaired) electrons. The Kier molecular flexibility index (Phi) is 4.21. The lowest BCUT2D eigenvalue weighted by molar-refractivity contribution is -0.154. The van der Waals surface area contributed by atoms with Gasteiger partial charge in [0, 0.05) is 16.2 Å². The number of halogens is 5. The summed E-state index contributed by atoms with van der Waals surface area (Å²) in [4.78, 5) is 3.70. The maximum atomic E-state index is 11.9. The van der Waals surface area contributed by atoms with Crippen LogP contribution < -0.4 is 4.74 Å². The topological polar surface area (TPSA) is 22.1 Å². The third kappa shape index (κ3) is 4.25. The van der Waals surface area contributed by atoms with Crippen molar-refractivity contribution >= 4 is 27.5 Å². The maximum absolute atomic E-state index is 11.9. The van der Waals surface area contributed by atoms with Gasteiger partial charge in [0.25, 0.3) is 0 Å². The molecule has 1 rings (SSSR count). The monoisotopic (exact) mass is 303 g/mol. The number of aromatic nitrogens is 1. The highest BCUT2D eigenvalue weighted by molar-refractivity contribution is 9.10. The second-order valence-corrected chi connectivity index (χ2v) is 3.84. The summed E-state index contributed by atoms with van der Waals surface area (Å²) >= 11 is 8.66. The molecule has 0 saturated heterocycles. The molecule has 1 heterocycles. The third-order valence-electron chi connectivity index (χ3n) is 1.41. The highest BCUT2D eigenvalue weighted by atomic mass is 79.9. The predicted molar refractivity (Wildman–Crippen MR) is 53.0 cm³/mol. The van der Waals surface area contributed by atoms with Crippen LogP contribution in [0.15, 0.2) is 16.7 Å². The summed E-state index contributed by atoms with van der Waals surface area (Å²) in [6.07, 6.45) is -3.03. The Bertz CT molecular complexity index is 345. The zero-order valence-electron chi connectivity index (χ0n) is 7.31. The van der Waals surface area contributed by atoms with Crippen molar-refractivity contribution < 1.29 is 17.9 Å². The average molecular weight is 304 g/mol. The lowest BCUT2D eigenvalue weighted by Crippen LogP contribution is -2.20. The summed E-state index contributed by atoms with van der Waals surface area (Å²) in [6, 6.07) is 1.56. The van der Waals surface area contributed by atoms with Gasteiger partial charge in [0.15, 0.2) is 6.61 Å². The second kappa shape index (κ2) is 5.03. The van der Waals surface area contributed by atoms with Gasteiger partial charge >= 0.3 is 6.18 Å². The van der Waals surface area contributed by atoms with Crippen LogP contribution in [0.4, 0.5) is 13.2 Å². The minimum atomic E-state index is -4.38. The summed E-state index contributed by atoms with van der Waals surface area (Å²) in [5, 5.41) is 0. The first-order valence-corrected chi connectivity index (χ1v) is 5.15. The molecule has 0 aliphatic rings. The van der Waals surface area contributed by atoms with Gasteiger partial charge in [-0.3, -0.25) is 0 Å². The van der Waals surface area contributed by atoms with Crippen LogP contribution in [0.1, 0.15) is 5.56 Å². The van der Waals surface area contributed by atoms with E-state index in [9.17, 15) is 13.2 Å². The lowest BCUT2D eigenvalue weighted by atomic mass is 10.3. The molecule has 0 atom stereocenters. The van der Waals surface area contributed by atoms with Crippen molar-refractivity contribution in [2.45, 2.75) is 12.1 Å². The van der Waals surface area contributed by atoms with Crippen LogP contribution in [0.25, 0.3) is 0 Å². The van der Waals surface area contributed by atoms with Crippen molar-refractivity contribution in [3.8, 4) is 5.88 Å². The van der Waals surface area contributed by atoms with E-state index >= 15 is 0 Å². The van der Waals surface area contributed by atoms with Crippen molar-refractivity contribution in [1.82, 2.24) is 4.98 Å². The Hall–Kier alpha value is -0.490. The van der Waals surface area contributed by atoms with Crippen LogP contribution in [0.3, 0.4) is 0 Å². The van der Waals surface area contributed by atoms with E-state index in [2.05, 4.69) is 25.7 Å². The highest BCUT2D eigenvalue weighted by Crippen LogP contribution is 2.23. The fourth-order valence-corrected chi connectivity index (χ4v) is 1.41. The van der Waals surface area contributed by atoms with E-state index in [1.807, 2.05) is 0 Å². The van der Waals surface area contributed by atoms with E-state index in [-0.39, 0.29) is 11.8 Å². The molecular weight excluding hydrogens is 298 g/mol. The first-order valence-electron chi connectivity index (χ1n) is 3.82. The van der Waals surface area contributed by atoms with Crippen molar-refractivity contribution in [2.75, 3.05) is 6.61 Å². The van der Waals surface area contributed by atoms with Crippen LogP contribution >= 0.6 is 27.5 Å². The first kappa shape index (κ1) is 12.6. The first-order chi connectivity index (χ1) is 6.92. The van der Waals surface area contributed by atoms with Crippen molar-refractivity contribution in [3.63, 3.8) is 0 Å². The van der Waals surface area contributed by atoms with Gasteiger partial charge in [0.2, 0.25) is 5.88 Å². The number of alkyl halides is 4. The van der Waals surface area contributed by atoms with Gasteiger partial charge < -0.3 is 4.74 Å². The molecule has 0 aliphatic carbocycles. The Morgan fingerprint density at radius 3 is 2.67 bits per heavy atom. The minimum absolute atomic E-state index is 0.0413. The predicted octanol–water partition coefficient (Wildman–Crippen LogP) is 3.52. The number of nitrogens with zero attached hydrogens (tertiary/aromatic N) is 1. The van der Waals surface area contributed by atoms with E-state index in [0.717, 1.165) is 0 Å². The summed E-state index contributed by atoms with van der Waals surface area (Å²) < 4.78 is 40.7. The average Bonchev–Trinajstić information content (AvgIpc) is 2.14. The molecule has 0 N–H and O–H groups in total. The van der Waals surface area contributed by atoms with Crippen molar-refractivity contribution in [3.05, 3.63) is 22.3 Å². The molecular formula is C8H6BrClF3NO. The molecule has 0 saturated carbocycles. The Morgan fingerprint density at radius 1 is 1.47 bits per heavy atom. The van der Waals surface area contributed by atoms with E-state index in [1.165, 1.54) is 6.20 Å². The quantitative estimate of drug-likeness (QED) is 0.797. The molecule has 0 bridgehead atoms. The van der Waals surface area contributed by atoms with Crippen molar-refractivity contribution in [2.24, 2.45) is 0 Å². The van der Waals surface area contributed by atoms with Gasteiger partial charge in [-0.2, -0.15) is 13.2 Å². The molecule has 84 valence electrons. The third-order valence-corrected chi connectivity index (χ3v) is 2.13. The SMILES string of the molecule is FC(F)(F)COc1ncc(Br)cc1CCl. The second-order valence-electron chi connectivity index (χ2n) is 2.66. The zero-order chi connectivity index (χ0) is 11.5. The fraction of sp³-hybridized carbons (Fsp3) is 0.375. The number of pyridine rings is 1. The Labute approximate surface area is 97.5 Å². The molecule has 2 nitrogen and oxygen atoms in total. The summed E-state index contributed by atoms with van der Waals surface area (Å²) in [7, 11) is 0. The van der Waals surface area contributed by atoms with Crippen LogP contribution in [0.5, 0.6) is 5.88 Å². The highest BCUT2D eigenvalue weighted by Gasteiger charge is 2.29. The molecule has 7 heteroatoms. The molecule has 1 aromatic heterocycles. The largest absolute Gasteiger partial charge is 0.468 e. The van der Waals surface area contributed by atoms with E-state index in [4.69, 9.17) is 11.6 Å². The van der Waals surface area contributed by atoms with Gasteiger partial charge in [-0.15, -0.1) is 11.6 Å². The van der Waals surface area contributed by atoms with Crippen molar-refractivity contribution in [1.29, 1.82) is 0 Å². The van der Waals surface area contributed by atoms with Gasteiger partial charge in [0.1, 0.15) is 0 Å². The maximum Gasteiger partial charge on any atom is 0.422 e. The number of ether oxygens (including phenoxy) is 1. The van der Waals surface area contributed by atoms with E-state index < -0.39 is 12.8 Å². The lowest BCUT2D eigenvalue weighted by Gasteiger charge is -2.10. The van der Waals surface area contributed by atoms with Gasteiger partial charge in [-0.25, -0.2) is 4.98 Å². The molecule has 0 aromatic carbocycles. The Morgan fingerprint density at radius 2 is 2.13 bits per heavy atom. The molecule has 1 aromatic rings. The van der Waals surface area contributed by atoms with Crippen LogP contribution in [0.2, 0.25) is 0 Å². The molecule has 0 spiro atoms. The molecule has 15 heavy (non-hydrogen) atoms. The smallest absolute Gasteiger partial charge is 0.422 e. The van der Waals surface area contributed by atoms with Gasteiger partial charge in [-0.1, -0.05) is 0 Å². The summed E-state index contributed by atoms with van der Waals surface area (Å²) in [5.74, 6) is -0.0508. The minimum Gasteiger partial charge on any atom is -0.468 e. The standard InChI is InChI=1S/C8H6BrClF3NO/c9-6-1-5(2-10)7(14-3-6)15-4-8(11,12)13/h1,3H,2,4H2. The van der Waals surface area contributed by atoms with Gasteiger partial charge in [-0.05, 0) is 22.0 Å². The molecule has 0 amide bonds. The summed E-state index contributed by atoms with van der Waals surface area (Å²) in [6.45, 7) is -1.37. The van der Waals surface area contributed by atoms with Crippen LogP contribution in [-0.2, 0) is 5.88 Å². The van der Waals surface area contributed by atoms with E-state index in [1.54, 1.807) is 6.07 Å². The normalized spacial score (nSPS) is 11.5. The van der Waals surface area contributed by atoms with Crippen LogP contribution in [-0.4, -0.2) is 17.8 Å².